The number of carbonyl (C=O) groups is 1. The number of aromatic nitrogens is 1. The lowest BCUT2D eigenvalue weighted by molar-refractivity contribution is -0.127. The summed E-state index contributed by atoms with van der Waals surface area (Å²) in [6, 6.07) is 5.15. The maximum Gasteiger partial charge on any atom is 0.224 e. The molecule has 0 bridgehead atoms. The van der Waals surface area contributed by atoms with Gasteiger partial charge < -0.3 is 5.32 Å². The number of hydrogen-bond acceptors (Lipinski definition) is 4. The van der Waals surface area contributed by atoms with Gasteiger partial charge in [-0.25, -0.2) is 0 Å². The van der Waals surface area contributed by atoms with Gasteiger partial charge in [-0.3, -0.25) is 19.6 Å². The fraction of sp³-hybridized carbons (Fsp3) is 0.636. The van der Waals surface area contributed by atoms with E-state index in [4.69, 9.17) is 0 Å². The molecule has 1 amide bonds. The molecule has 5 heteroatoms. The number of piperidine rings is 2. The van der Waals surface area contributed by atoms with Crippen LogP contribution in [0.3, 0.4) is 0 Å². The van der Waals surface area contributed by atoms with Crippen LogP contribution in [0.25, 0.3) is 0 Å². The summed E-state index contributed by atoms with van der Waals surface area (Å²) in [6.07, 6.45) is 14.8. The summed E-state index contributed by atoms with van der Waals surface area (Å²) in [6.45, 7) is 5.38. The lowest BCUT2D eigenvalue weighted by atomic mass is 9.93. The van der Waals surface area contributed by atoms with Gasteiger partial charge in [0.15, 0.2) is 0 Å². The number of amides is 1. The molecule has 0 saturated carbocycles. The fourth-order valence-electron chi connectivity index (χ4n) is 4.80. The Bertz CT molecular complexity index is 631. The second-order valence-corrected chi connectivity index (χ2v) is 8.35. The normalized spacial score (nSPS) is 25.7. The average Bonchev–Trinajstić information content (AvgIpc) is 3.22. The Morgan fingerprint density at radius 3 is 2.70 bits per heavy atom. The number of rotatable bonds is 5. The van der Waals surface area contributed by atoms with E-state index in [9.17, 15) is 4.79 Å². The summed E-state index contributed by atoms with van der Waals surface area (Å²) in [4.78, 5) is 22.0. The zero-order valence-electron chi connectivity index (χ0n) is 16.2. The Morgan fingerprint density at radius 2 is 1.96 bits per heavy atom. The highest BCUT2D eigenvalue weighted by molar-refractivity contribution is 5.79. The van der Waals surface area contributed by atoms with Crippen molar-refractivity contribution in [2.75, 3.05) is 26.2 Å². The fourth-order valence-corrected chi connectivity index (χ4v) is 4.80. The summed E-state index contributed by atoms with van der Waals surface area (Å²) in [5.41, 5.74) is 1.30. The van der Waals surface area contributed by atoms with E-state index in [0.717, 1.165) is 58.4 Å². The van der Waals surface area contributed by atoms with E-state index in [2.05, 4.69) is 38.3 Å². The number of nitrogens with zero attached hydrogens (tertiary/aromatic N) is 3. The van der Waals surface area contributed by atoms with Crippen LogP contribution in [0.1, 0.15) is 44.1 Å². The van der Waals surface area contributed by atoms with Gasteiger partial charge in [0.2, 0.25) is 5.91 Å². The van der Waals surface area contributed by atoms with Crippen LogP contribution in [0.5, 0.6) is 0 Å². The minimum atomic E-state index is 0.174. The molecular formula is C22H32N4O. The van der Waals surface area contributed by atoms with Gasteiger partial charge in [-0.05, 0) is 69.8 Å². The molecule has 2 fully saturated rings. The summed E-state index contributed by atoms with van der Waals surface area (Å²) >= 11 is 0. The van der Waals surface area contributed by atoms with Crippen LogP contribution in [0, 0.1) is 5.92 Å². The van der Waals surface area contributed by atoms with Crippen LogP contribution in [-0.2, 0) is 11.3 Å². The van der Waals surface area contributed by atoms with E-state index in [-0.39, 0.29) is 11.8 Å². The Hall–Kier alpha value is -1.72. The number of carbonyl (C=O) groups excluding carboxylic acids is 1. The quantitative estimate of drug-likeness (QED) is 0.812. The molecule has 3 aliphatic rings. The Balaban J connectivity index is 1.23. The molecule has 1 aromatic rings. The van der Waals surface area contributed by atoms with Crippen molar-refractivity contribution < 1.29 is 4.79 Å². The van der Waals surface area contributed by atoms with Crippen LogP contribution in [0.2, 0.25) is 0 Å². The van der Waals surface area contributed by atoms with Crippen molar-refractivity contribution in [1.29, 1.82) is 0 Å². The van der Waals surface area contributed by atoms with E-state index in [0.29, 0.717) is 12.1 Å². The minimum absolute atomic E-state index is 0.174. The highest BCUT2D eigenvalue weighted by Gasteiger charge is 2.32. The SMILES string of the molecule is O=C(NC1CC=CC1)[C@@H]1CCCN(C2CCN(Cc3cccnc3)CC2)C1. The molecular weight excluding hydrogens is 336 g/mol. The number of hydrogen-bond donors (Lipinski definition) is 1. The average molecular weight is 369 g/mol. The van der Waals surface area contributed by atoms with Crippen LogP contribution < -0.4 is 5.32 Å². The highest BCUT2D eigenvalue weighted by atomic mass is 16.2. The standard InChI is InChI=1S/C22H32N4O/c27-22(24-20-7-1-2-8-20)19-6-4-12-26(17-19)21-9-13-25(14-10-21)16-18-5-3-11-23-15-18/h1-3,5,11,15,19-21H,4,6-10,12-14,16-17H2,(H,24,27)/t19-/m1/s1. The summed E-state index contributed by atoms with van der Waals surface area (Å²) in [7, 11) is 0. The third kappa shape index (κ3) is 4.96. The van der Waals surface area contributed by atoms with Gasteiger partial charge in [0, 0.05) is 37.6 Å². The molecule has 1 atom stereocenters. The number of nitrogens with one attached hydrogen (secondary N) is 1. The predicted molar refractivity (Wildman–Crippen MR) is 107 cm³/mol. The smallest absolute Gasteiger partial charge is 0.224 e. The zero-order chi connectivity index (χ0) is 18.5. The molecule has 1 aliphatic carbocycles. The van der Waals surface area contributed by atoms with E-state index in [1.54, 1.807) is 0 Å². The molecule has 146 valence electrons. The second kappa shape index (κ2) is 8.98. The lowest BCUT2D eigenvalue weighted by Gasteiger charge is -2.42. The number of pyridine rings is 1. The van der Waals surface area contributed by atoms with Crippen molar-refractivity contribution in [2.24, 2.45) is 5.92 Å². The molecule has 0 aromatic carbocycles. The van der Waals surface area contributed by atoms with Crippen LogP contribution in [-0.4, -0.2) is 59.0 Å². The summed E-state index contributed by atoms with van der Waals surface area (Å²) in [5, 5.41) is 3.26. The van der Waals surface area contributed by atoms with Crippen molar-refractivity contribution in [3.8, 4) is 0 Å². The maximum absolute atomic E-state index is 12.7. The largest absolute Gasteiger partial charge is 0.352 e. The van der Waals surface area contributed by atoms with Gasteiger partial charge in [-0.1, -0.05) is 18.2 Å². The third-order valence-electron chi connectivity index (χ3n) is 6.38. The predicted octanol–water partition coefficient (Wildman–Crippen LogP) is 2.59. The van der Waals surface area contributed by atoms with Crippen molar-refractivity contribution in [2.45, 2.75) is 57.2 Å². The van der Waals surface area contributed by atoms with Crippen LogP contribution in [0.4, 0.5) is 0 Å². The van der Waals surface area contributed by atoms with E-state index < -0.39 is 0 Å². The van der Waals surface area contributed by atoms with Gasteiger partial charge >= 0.3 is 0 Å². The molecule has 3 heterocycles. The van der Waals surface area contributed by atoms with Crippen LogP contribution in [0.15, 0.2) is 36.7 Å². The van der Waals surface area contributed by atoms with Crippen molar-refractivity contribution in [3.05, 3.63) is 42.2 Å². The van der Waals surface area contributed by atoms with Gasteiger partial charge in [0.05, 0.1) is 5.92 Å². The molecule has 2 aliphatic heterocycles. The first-order chi connectivity index (χ1) is 13.3. The second-order valence-electron chi connectivity index (χ2n) is 8.35. The van der Waals surface area contributed by atoms with E-state index >= 15 is 0 Å². The molecule has 27 heavy (non-hydrogen) atoms. The monoisotopic (exact) mass is 368 g/mol. The lowest BCUT2D eigenvalue weighted by Crippen LogP contribution is -2.51. The van der Waals surface area contributed by atoms with E-state index in [1.807, 2.05) is 18.5 Å². The zero-order valence-corrected chi connectivity index (χ0v) is 16.2. The Morgan fingerprint density at radius 1 is 1.15 bits per heavy atom. The first-order valence-electron chi connectivity index (χ1n) is 10.6. The molecule has 5 nitrogen and oxygen atoms in total. The first kappa shape index (κ1) is 18.6. The Kier molecular flexibility index (Phi) is 6.20. The highest BCUT2D eigenvalue weighted by Crippen LogP contribution is 2.25. The topological polar surface area (TPSA) is 48.5 Å². The van der Waals surface area contributed by atoms with Gasteiger partial charge in [0.1, 0.15) is 0 Å². The number of likely N-dealkylation sites (tertiary alicyclic amines) is 2. The molecule has 2 saturated heterocycles. The molecule has 4 rings (SSSR count). The van der Waals surface area contributed by atoms with E-state index in [1.165, 1.54) is 18.4 Å². The third-order valence-corrected chi connectivity index (χ3v) is 6.38. The molecule has 1 aromatic heterocycles. The first-order valence-corrected chi connectivity index (χ1v) is 10.6. The molecule has 0 spiro atoms. The summed E-state index contributed by atoms with van der Waals surface area (Å²) < 4.78 is 0. The van der Waals surface area contributed by atoms with Crippen molar-refractivity contribution >= 4 is 5.91 Å². The Labute approximate surface area is 162 Å². The van der Waals surface area contributed by atoms with Crippen LogP contribution >= 0.6 is 0 Å². The van der Waals surface area contributed by atoms with Gasteiger partial charge in [-0.2, -0.15) is 0 Å². The molecule has 0 radical (unpaired) electrons. The van der Waals surface area contributed by atoms with Gasteiger partial charge in [0.25, 0.3) is 0 Å². The maximum atomic E-state index is 12.7. The van der Waals surface area contributed by atoms with Crippen molar-refractivity contribution in [1.82, 2.24) is 20.1 Å². The molecule has 1 N–H and O–H groups in total. The summed E-state index contributed by atoms with van der Waals surface area (Å²) in [5.74, 6) is 0.454. The minimum Gasteiger partial charge on any atom is -0.352 e. The molecule has 0 unspecified atom stereocenters. The van der Waals surface area contributed by atoms with Gasteiger partial charge in [-0.15, -0.1) is 0 Å². The van der Waals surface area contributed by atoms with Crippen molar-refractivity contribution in [3.63, 3.8) is 0 Å².